The predicted molar refractivity (Wildman–Crippen MR) is 365 cm³/mol. The van der Waals surface area contributed by atoms with Crippen LogP contribution in [0.15, 0.2) is 237 Å². The zero-order chi connectivity index (χ0) is 57.0. The van der Waals surface area contributed by atoms with Gasteiger partial charge in [-0.05, 0) is 122 Å². The topological polar surface area (TPSA) is 14.8 Å². The van der Waals surface area contributed by atoms with Crippen molar-refractivity contribution in [3.05, 3.63) is 287 Å². The van der Waals surface area contributed by atoms with Crippen LogP contribution >= 0.6 is 0 Å². The van der Waals surface area contributed by atoms with Crippen LogP contribution in [0.2, 0.25) is 0 Å². The van der Waals surface area contributed by atoms with Gasteiger partial charge in [-0.3, -0.25) is 0 Å². The van der Waals surface area contributed by atoms with Crippen LogP contribution in [-0.2, 0) is 19.6 Å². The fourth-order valence-electron chi connectivity index (χ4n) is 12.9. The highest BCUT2D eigenvalue weighted by molar-refractivity contribution is 6.21. The van der Waals surface area contributed by atoms with E-state index in [1.165, 1.54) is 148 Å². The molecule has 0 aliphatic carbocycles. The Hall–Kier alpha value is -9.18. The largest absolute Gasteiger partial charge is 0.336 e. The summed E-state index contributed by atoms with van der Waals surface area (Å²) in [4.78, 5) is 0. The lowest BCUT2D eigenvalue weighted by atomic mass is 10.0. The number of fused-ring (bicyclic) bond motifs is 14. The van der Waals surface area contributed by atoms with E-state index in [0.717, 1.165) is 19.6 Å². The molecule has 0 aliphatic heterocycles. The van der Waals surface area contributed by atoms with Gasteiger partial charge in [0.05, 0.1) is 16.6 Å². The first-order valence-electron chi connectivity index (χ1n) is 29.5. The van der Waals surface area contributed by atoms with Gasteiger partial charge in [0, 0.05) is 73.9 Å². The minimum Gasteiger partial charge on any atom is -0.336 e. The van der Waals surface area contributed by atoms with E-state index in [0.29, 0.717) is 0 Å². The molecule has 0 radical (unpaired) electrons. The second kappa shape index (κ2) is 24.9. The third-order valence-electron chi connectivity index (χ3n) is 15.8. The lowest BCUT2D eigenvalue weighted by molar-refractivity contribution is 0.866. The highest BCUT2D eigenvalue weighted by atomic mass is 15.0. The Kier molecular flexibility index (Phi) is 17.1. The van der Waals surface area contributed by atoms with Crippen LogP contribution in [0, 0.1) is 41.5 Å². The first-order chi connectivity index (χ1) is 40.1. The van der Waals surface area contributed by atoms with E-state index in [4.69, 9.17) is 0 Å². The molecule has 3 nitrogen and oxygen atoms in total. The SMILES string of the molecule is C.CC.CC.Cc1cc(C)cc(Cn2c3ccccc3c3c4ccccc4ccc32)c1.Cc1cc(C)cc(Cn2c3ccccc3c3cc4ccccc4cc32)c1.Cc1cc(C)cc(Cn2c3ccccc3c3ccc4ccccc4c32)c1. The van der Waals surface area contributed by atoms with E-state index < -0.39 is 0 Å². The van der Waals surface area contributed by atoms with Crippen molar-refractivity contribution in [3.63, 3.8) is 0 Å². The lowest BCUT2D eigenvalue weighted by Crippen LogP contribution is -2.00. The summed E-state index contributed by atoms with van der Waals surface area (Å²) in [7, 11) is 0. The molecule has 0 saturated heterocycles. The Balaban J connectivity index is 0.000000134. The van der Waals surface area contributed by atoms with E-state index >= 15 is 0 Å². The molecule has 0 bridgehead atoms. The summed E-state index contributed by atoms with van der Waals surface area (Å²) >= 11 is 0. The molecule has 0 saturated carbocycles. The molecule has 414 valence electrons. The maximum absolute atomic E-state index is 2.49. The van der Waals surface area contributed by atoms with Crippen molar-refractivity contribution in [2.75, 3.05) is 0 Å². The zero-order valence-electron chi connectivity index (χ0n) is 49.5. The number of benzene rings is 12. The molecule has 12 aromatic carbocycles. The monoisotopic (exact) mass is 1080 g/mol. The van der Waals surface area contributed by atoms with Crippen molar-refractivity contribution < 1.29 is 0 Å². The molecule has 3 aromatic heterocycles. The van der Waals surface area contributed by atoms with Gasteiger partial charge >= 0.3 is 0 Å². The van der Waals surface area contributed by atoms with Crippen LogP contribution in [-0.4, -0.2) is 13.7 Å². The van der Waals surface area contributed by atoms with E-state index in [1.54, 1.807) is 0 Å². The quantitative estimate of drug-likeness (QED) is 0.158. The molecule has 0 atom stereocenters. The summed E-state index contributed by atoms with van der Waals surface area (Å²) in [6.45, 7) is 23.7. The maximum atomic E-state index is 2.49. The molecule has 3 heterocycles. The number of rotatable bonds is 6. The van der Waals surface area contributed by atoms with Crippen molar-refractivity contribution in [1.29, 1.82) is 0 Å². The molecule has 0 aliphatic rings. The van der Waals surface area contributed by atoms with E-state index in [2.05, 4.69) is 292 Å². The minimum atomic E-state index is 0. The Morgan fingerprint density at radius 3 is 1.11 bits per heavy atom. The van der Waals surface area contributed by atoms with Crippen LogP contribution in [0.4, 0.5) is 0 Å². The third kappa shape index (κ3) is 11.4. The Morgan fingerprint density at radius 1 is 0.241 bits per heavy atom. The smallest absolute Gasteiger partial charge is 0.0574 e. The van der Waals surface area contributed by atoms with Crippen LogP contribution in [0.5, 0.6) is 0 Å². The molecule has 15 aromatic rings. The summed E-state index contributed by atoms with van der Waals surface area (Å²) in [6, 6.07) is 86.6. The van der Waals surface area contributed by atoms with Crippen molar-refractivity contribution in [2.45, 2.75) is 96.3 Å². The molecule has 15 rings (SSSR count). The molecule has 0 unspecified atom stereocenters. The first kappa shape index (κ1) is 57.1. The van der Waals surface area contributed by atoms with E-state index in [-0.39, 0.29) is 7.43 Å². The van der Waals surface area contributed by atoms with Gasteiger partial charge in [-0.15, -0.1) is 0 Å². The van der Waals surface area contributed by atoms with Crippen molar-refractivity contribution in [1.82, 2.24) is 13.7 Å². The number of hydrogen-bond acceptors (Lipinski definition) is 0. The van der Waals surface area contributed by atoms with Gasteiger partial charge in [0.1, 0.15) is 0 Å². The molecule has 0 N–H and O–H groups in total. The summed E-state index contributed by atoms with van der Waals surface area (Å²) in [5.74, 6) is 0. The Bertz CT molecular complexity index is 4640. The normalized spacial score (nSPS) is 11.1. The molecule has 0 fully saturated rings. The fraction of sp³-hybridized carbons (Fsp3) is 0.175. The standard InChI is InChI=1S/3C25H21N.2C2H6.CH4/c1-17-11-18(2)13-19(12-17)16-26-24-10-6-5-9-22(24)23-14-20-7-3-4-8-21(20)15-25(23)26;1-17-13-18(2)15-19(14-17)16-26-24-10-6-5-9-22(24)23-12-11-20-7-3-4-8-21(20)25(23)26;1-17-13-18(2)15-19(14-17)16-26-23-10-6-5-9-22(23)25-21-8-4-3-7-20(21)11-12-24(25)26;2*1-2;/h3*3-15H,16H2,1-2H3;2*1-2H3;1H4. The average Bonchev–Trinajstić information content (AvgIpc) is 3.88. The van der Waals surface area contributed by atoms with Crippen molar-refractivity contribution in [3.8, 4) is 0 Å². The average molecular weight is 1080 g/mol. The number of hydrogen-bond donors (Lipinski definition) is 0. The van der Waals surface area contributed by atoms with Gasteiger partial charge in [0.2, 0.25) is 0 Å². The van der Waals surface area contributed by atoms with E-state index in [1.807, 2.05) is 27.7 Å². The van der Waals surface area contributed by atoms with Crippen LogP contribution in [0.1, 0.15) is 85.2 Å². The second-order valence-corrected chi connectivity index (χ2v) is 21.9. The van der Waals surface area contributed by atoms with Gasteiger partial charge in [0.25, 0.3) is 0 Å². The van der Waals surface area contributed by atoms with Gasteiger partial charge in [-0.1, -0.05) is 269 Å². The van der Waals surface area contributed by atoms with Crippen LogP contribution in [0.3, 0.4) is 0 Å². The lowest BCUT2D eigenvalue weighted by Gasteiger charge is -2.11. The Labute approximate surface area is 491 Å². The summed E-state index contributed by atoms with van der Waals surface area (Å²) in [6.07, 6.45) is 0. The fourth-order valence-corrected chi connectivity index (χ4v) is 12.9. The predicted octanol–water partition coefficient (Wildman–Crippen LogP) is 22.5. The first-order valence-corrected chi connectivity index (χ1v) is 29.5. The maximum Gasteiger partial charge on any atom is 0.0574 e. The van der Waals surface area contributed by atoms with Gasteiger partial charge in [-0.25, -0.2) is 0 Å². The van der Waals surface area contributed by atoms with Crippen molar-refractivity contribution in [2.24, 2.45) is 0 Å². The zero-order valence-corrected chi connectivity index (χ0v) is 49.5. The molecular formula is C80H79N3. The number of aryl methyl sites for hydroxylation is 6. The van der Waals surface area contributed by atoms with Crippen LogP contribution in [0.25, 0.3) is 97.7 Å². The molecule has 83 heavy (non-hydrogen) atoms. The molecule has 3 heteroatoms. The van der Waals surface area contributed by atoms with Gasteiger partial charge in [-0.2, -0.15) is 0 Å². The van der Waals surface area contributed by atoms with Gasteiger partial charge < -0.3 is 13.7 Å². The van der Waals surface area contributed by atoms with Crippen molar-refractivity contribution >= 4 is 97.7 Å². The third-order valence-corrected chi connectivity index (χ3v) is 15.8. The summed E-state index contributed by atoms with van der Waals surface area (Å²) in [5.41, 5.74) is 19.9. The number of aromatic nitrogens is 3. The molecule has 0 amide bonds. The number of para-hydroxylation sites is 3. The van der Waals surface area contributed by atoms with E-state index in [9.17, 15) is 0 Å². The highest BCUT2D eigenvalue weighted by Crippen LogP contribution is 2.38. The Morgan fingerprint density at radius 2 is 0.590 bits per heavy atom. The highest BCUT2D eigenvalue weighted by Gasteiger charge is 2.17. The van der Waals surface area contributed by atoms with Crippen LogP contribution < -0.4 is 0 Å². The molecule has 0 spiro atoms. The summed E-state index contributed by atoms with van der Waals surface area (Å²) < 4.78 is 7.41. The molecular weight excluding hydrogens is 1000 g/mol. The minimum absolute atomic E-state index is 0. The summed E-state index contributed by atoms with van der Waals surface area (Å²) in [5, 5.41) is 15.9. The number of nitrogens with zero attached hydrogens (tertiary/aromatic N) is 3. The second-order valence-electron chi connectivity index (χ2n) is 21.9. The van der Waals surface area contributed by atoms with Gasteiger partial charge in [0.15, 0.2) is 0 Å².